The van der Waals surface area contributed by atoms with Crippen LogP contribution in [0.15, 0.2) is 22.7 Å². The van der Waals surface area contributed by atoms with Gasteiger partial charge in [-0.15, -0.1) is 0 Å². The predicted molar refractivity (Wildman–Crippen MR) is 76.3 cm³/mol. The van der Waals surface area contributed by atoms with E-state index >= 15 is 0 Å². The van der Waals surface area contributed by atoms with Crippen molar-refractivity contribution in [2.45, 2.75) is 31.8 Å². The van der Waals surface area contributed by atoms with Crippen LogP contribution in [0.25, 0.3) is 0 Å². The summed E-state index contributed by atoms with van der Waals surface area (Å²) in [5.41, 5.74) is 7.50. The van der Waals surface area contributed by atoms with Gasteiger partial charge in [-0.2, -0.15) is 0 Å². The Bertz CT molecular complexity index is 397. The van der Waals surface area contributed by atoms with Gasteiger partial charge in [0.1, 0.15) is 0 Å². The van der Waals surface area contributed by atoms with Crippen molar-refractivity contribution in [3.63, 3.8) is 0 Å². The summed E-state index contributed by atoms with van der Waals surface area (Å²) in [4.78, 5) is 2.44. The molecule has 0 bridgehead atoms. The number of halogens is 2. The van der Waals surface area contributed by atoms with Gasteiger partial charge in [-0.1, -0.05) is 24.6 Å². The molecule has 17 heavy (non-hydrogen) atoms. The molecule has 0 amide bonds. The maximum Gasteiger partial charge on any atom is 0.0551 e. The van der Waals surface area contributed by atoms with Gasteiger partial charge in [-0.05, 0) is 59.6 Å². The van der Waals surface area contributed by atoms with Gasteiger partial charge in [0.05, 0.1) is 5.02 Å². The molecule has 1 aliphatic heterocycles. The summed E-state index contributed by atoms with van der Waals surface area (Å²) in [6.07, 6.45) is 2.28. The molecule has 0 saturated carbocycles. The van der Waals surface area contributed by atoms with E-state index < -0.39 is 0 Å². The van der Waals surface area contributed by atoms with Gasteiger partial charge >= 0.3 is 0 Å². The van der Waals surface area contributed by atoms with Crippen LogP contribution >= 0.6 is 27.5 Å². The average molecular weight is 318 g/mol. The molecule has 1 aromatic rings. The van der Waals surface area contributed by atoms with E-state index in [2.05, 4.69) is 33.8 Å². The summed E-state index contributed by atoms with van der Waals surface area (Å²) in [7, 11) is 0. The highest BCUT2D eigenvalue weighted by Gasteiger charge is 2.29. The maximum atomic E-state index is 6.27. The van der Waals surface area contributed by atoms with Crippen LogP contribution < -0.4 is 5.73 Å². The first-order chi connectivity index (χ1) is 8.13. The number of likely N-dealkylation sites (tertiary alicyclic amines) is 1. The Morgan fingerprint density at radius 3 is 2.94 bits per heavy atom. The van der Waals surface area contributed by atoms with Gasteiger partial charge in [-0.25, -0.2) is 0 Å². The number of hydrogen-bond donors (Lipinski definition) is 1. The molecule has 2 nitrogen and oxygen atoms in total. The zero-order valence-electron chi connectivity index (χ0n) is 10.00. The number of nitrogens with two attached hydrogens (primary N) is 1. The molecule has 94 valence electrons. The highest BCUT2D eigenvalue weighted by Crippen LogP contribution is 2.33. The Morgan fingerprint density at radius 2 is 2.29 bits per heavy atom. The SMILES string of the molecule is CCN1CCCC(N)C1c1ccc(Br)c(Cl)c1. The van der Waals surface area contributed by atoms with E-state index in [4.69, 9.17) is 17.3 Å². The van der Waals surface area contributed by atoms with Crippen LogP contribution in [0.4, 0.5) is 0 Å². The van der Waals surface area contributed by atoms with Crippen LogP contribution in [0.5, 0.6) is 0 Å². The minimum atomic E-state index is 0.209. The van der Waals surface area contributed by atoms with Crippen molar-refractivity contribution >= 4 is 27.5 Å². The molecule has 0 aliphatic carbocycles. The standard InChI is InChI=1S/C13H18BrClN2/c1-2-17-7-3-4-12(16)13(17)9-5-6-10(14)11(15)8-9/h5-6,8,12-13H,2-4,7,16H2,1H3. The highest BCUT2D eigenvalue weighted by molar-refractivity contribution is 9.10. The highest BCUT2D eigenvalue weighted by atomic mass is 79.9. The second kappa shape index (κ2) is 5.70. The molecule has 2 N–H and O–H groups in total. The summed E-state index contributed by atoms with van der Waals surface area (Å²) in [6.45, 7) is 4.35. The van der Waals surface area contributed by atoms with Crippen LogP contribution in [-0.4, -0.2) is 24.0 Å². The fraction of sp³-hybridized carbons (Fsp3) is 0.538. The topological polar surface area (TPSA) is 29.3 Å². The number of rotatable bonds is 2. The van der Waals surface area contributed by atoms with Crippen molar-refractivity contribution in [2.24, 2.45) is 5.73 Å². The summed E-state index contributed by atoms with van der Waals surface area (Å²) in [5, 5.41) is 0.760. The normalized spacial score (nSPS) is 26.1. The van der Waals surface area contributed by atoms with Gasteiger partial charge in [0.15, 0.2) is 0 Å². The largest absolute Gasteiger partial charge is 0.326 e. The third-order valence-corrected chi connectivity index (χ3v) is 4.71. The van der Waals surface area contributed by atoms with E-state index in [1.54, 1.807) is 0 Å². The lowest BCUT2D eigenvalue weighted by molar-refractivity contribution is 0.136. The van der Waals surface area contributed by atoms with Crippen LogP contribution in [-0.2, 0) is 0 Å². The van der Waals surface area contributed by atoms with Crippen molar-refractivity contribution < 1.29 is 0 Å². The molecule has 1 fully saturated rings. The van der Waals surface area contributed by atoms with E-state index in [1.165, 1.54) is 12.0 Å². The molecular weight excluding hydrogens is 300 g/mol. The quantitative estimate of drug-likeness (QED) is 0.903. The average Bonchev–Trinajstić information content (AvgIpc) is 2.32. The number of benzene rings is 1. The fourth-order valence-corrected chi connectivity index (χ4v) is 3.04. The van der Waals surface area contributed by atoms with Gasteiger partial charge in [-0.3, -0.25) is 4.90 Å². The summed E-state index contributed by atoms with van der Waals surface area (Å²) in [6, 6.07) is 6.67. The monoisotopic (exact) mass is 316 g/mol. The Kier molecular flexibility index (Phi) is 4.47. The van der Waals surface area contributed by atoms with E-state index in [1.807, 2.05) is 12.1 Å². The lowest BCUT2D eigenvalue weighted by atomic mass is 9.91. The molecule has 2 rings (SSSR count). The maximum absolute atomic E-state index is 6.27. The molecule has 1 aromatic carbocycles. The zero-order valence-corrected chi connectivity index (χ0v) is 12.3. The fourth-order valence-electron chi connectivity index (χ4n) is 2.61. The third kappa shape index (κ3) is 2.84. The molecule has 0 radical (unpaired) electrons. The second-order valence-corrected chi connectivity index (χ2v) is 5.81. The van der Waals surface area contributed by atoms with Crippen molar-refractivity contribution in [1.82, 2.24) is 4.90 Å². The summed E-state index contributed by atoms with van der Waals surface area (Å²) in [5.74, 6) is 0. The van der Waals surface area contributed by atoms with E-state index in [9.17, 15) is 0 Å². The molecule has 1 aliphatic rings. The van der Waals surface area contributed by atoms with Crippen molar-refractivity contribution in [1.29, 1.82) is 0 Å². The Labute approximate surface area is 116 Å². The van der Waals surface area contributed by atoms with Crippen molar-refractivity contribution in [2.75, 3.05) is 13.1 Å². The molecule has 2 unspecified atom stereocenters. The lowest BCUT2D eigenvalue weighted by Gasteiger charge is -2.39. The number of nitrogens with zero attached hydrogens (tertiary/aromatic N) is 1. The number of piperidine rings is 1. The first-order valence-electron chi connectivity index (χ1n) is 6.08. The van der Waals surface area contributed by atoms with Crippen molar-refractivity contribution in [3.05, 3.63) is 33.3 Å². The van der Waals surface area contributed by atoms with Gasteiger partial charge < -0.3 is 5.73 Å². The summed E-state index contributed by atoms with van der Waals surface area (Å²) < 4.78 is 0.940. The third-order valence-electron chi connectivity index (χ3n) is 3.47. The van der Waals surface area contributed by atoms with Crippen LogP contribution in [0.1, 0.15) is 31.4 Å². The van der Waals surface area contributed by atoms with Gasteiger partial charge in [0.2, 0.25) is 0 Å². The smallest absolute Gasteiger partial charge is 0.0551 e. The molecular formula is C13H18BrClN2. The molecule has 2 atom stereocenters. The minimum absolute atomic E-state index is 0.209. The molecule has 1 saturated heterocycles. The molecule has 0 spiro atoms. The van der Waals surface area contributed by atoms with Gasteiger partial charge in [0, 0.05) is 16.6 Å². The van der Waals surface area contributed by atoms with Crippen LogP contribution in [0.2, 0.25) is 5.02 Å². The van der Waals surface area contributed by atoms with E-state index in [-0.39, 0.29) is 6.04 Å². The second-order valence-electron chi connectivity index (χ2n) is 4.55. The Hall–Kier alpha value is -0.0900. The first kappa shape index (κ1) is 13.3. The molecule has 0 aromatic heterocycles. The number of likely N-dealkylation sites (N-methyl/N-ethyl adjacent to an activating group) is 1. The molecule has 4 heteroatoms. The Morgan fingerprint density at radius 1 is 1.53 bits per heavy atom. The van der Waals surface area contributed by atoms with E-state index in [0.29, 0.717) is 6.04 Å². The van der Waals surface area contributed by atoms with Gasteiger partial charge in [0.25, 0.3) is 0 Å². The zero-order chi connectivity index (χ0) is 12.4. The predicted octanol–water partition coefficient (Wildman–Crippen LogP) is 3.59. The number of hydrogen-bond acceptors (Lipinski definition) is 2. The van der Waals surface area contributed by atoms with Crippen LogP contribution in [0.3, 0.4) is 0 Å². The summed E-state index contributed by atoms with van der Waals surface area (Å²) >= 11 is 9.59. The van der Waals surface area contributed by atoms with Crippen LogP contribution in [0, 0.1) is 0 Å². The minimum Gasteiger partial charge on any atom is -0.326 e. The molecule has 1 heterocycles. The Balaban J connectivity index is 2.31. The first-order valence-corrected chi connectivity index (χ1v) is 7.25. The van der Waals surface area contributed by atoms with Crippen molar-refractivity contribution in [3.8, 4) is 0 Å². The lowest BCUT2D eigenvalue weighted by Crippen LogP contribution is -2.45. The van der Waals surface area contributed by atoms with E-state index in [0.717, 1.165) is 29.0 Å².